The second-order valence-electron chi connectivity index (χ2n) is 10.3. The summed E-state index contributed by atoms with van der Waals surface area (Å²) in [6.07, 6.45) is -1.98. The van der Waals surface area contributed by atoms with E-state index in [9.17, 15) is 33.1 Å². The van der Waals surface area contributed by atoms with Crippen molar-refractivity contribution in [2.24, 2.45) is 17.6 Å². The van der Waals surface area contributed by atoms with Crippen LogP contribution in [0.4, 0.5) is 8.78 Å². The molecule has 0 unspecified atom stereocenters. The molecule has 37 heavy (non-hydrogen) atoms. The van der Waals surface area contributed by atoms with E-state index in [1.807, 2.05) is 11.9 Å². The Morgan fingerprint density at radius 2 is 2.00 bits per heavy atom. The van der Waals surface area contributed by atoms with Crippen LogP contribution in [-0.2, 0) is 19.2 Å². The number of carbonyl (C=O) groups excluding carboxylic acids is 3. The molecule has 4 aliphatic heterocycles. The molecule has 6 N–H and O–H groups in total. The number of likely N-dealkylation sites (N-methyl/N-ethyl adjacent to an activating group) is 1. The van der Waals surface area contributed by atoms with Gasteiger partial charge in [0.05, 0.1) is 18.0 Å². The Morgan fingerprint density at radius 3 is 2.62 bits per heavy atom. The van der Waals surface area contributed by atoms with Gasteiger partial charge in [-0.1, -0.05) is 6.92 Å². The van der Waals surface area contributed by atoms with Crippen LogP contribution in [0, 0.1) is 11.8 Å². The molecule has 3 amide bonds. The quantitative estimate of drug-likeness (QED) is 0.233. The van der Waals surface area contributed by atoms with Gasteiger partial charge in [0, 0.05) is 53.8 Å². The summed E-state index contributed by atoms with van der Waals surface area (Å²) >= 11 is 1.34. The van der Waals surface area contributed by atoms with Gasteiger partial charge in [-0.3, -0.25) is 14.4 Å². The molecule has 0 bridgehead atoms. The number of likely N-dealkylation sites (tertiary alicyclic amines) is 1. The van der Waals surface area contributed by atoms with E-state index in [0.717, 1.165) is 6.42 Å². The maximum atomic E-state index is 13.2. The van der Waals surface area contributed by atoms with Gasteiger partial charge < -0.3 is 36.6 Å². The van der Waals surface area contributed by atoms with E-state index in [2.05, 4.69) is 16.0 Å². The minimum Gasteiger partial charge on any atom is -0.477 e. The summed E-state index contributed by atoms with van der Waals surface area (Å²) in [5.74, 6) is -4.40. The number of thioether (sulfide) groups is 1. The average molecular weight is 545 g/mol. The summed E-state index contributed by atoms with van der Waals surface area (Å²) in [4.78, 5) is 53.3. The van der Waals surface area contributed by atoms with Crippen molar-refractivity contribution in [3.05, 3.63) is 10.6 Å². The number of nitrogens with one attached hydrogen (secondary N) is 3. The van der Waals surface area contributed by atoms with Crippen LogP contribution in [0.5, 0.6) is 0 Å². The Balaban J connectivity index is 1.44. The number of amides is 3. The van der Waals surface area contributed by atoms with Crippen LogP contribution in [0.2, 0.25) is 0 Å². The zero-order valence-corrected chi connectivity index (χ0v) is 21.8. The standard InChI is InChI=1S/C23H34F2N6O5S/c1-9-16-15(10(2)29-20(32)19(24)25)22(34)31(16)17(23(35)36)18(9)37-13-5-14(28-7-13)21(33)30-8-11(26)4-12(30)6-27-3/h9-16,19,27-28H,4-8,26H2,1-3H3,(H,29,32)(H,35,36)/t9-,10-,11+,12+,13+,14+,15-,16-/m1/s1. The monoisotopic (exact) mass is 544 g/mol. The van der Waals surface area contributed by atoms with E-state index in [0.29, 0.717) is 31.0 Å². The molecular formula is C23H34F2N6O5S. The fraction of sp³-hybridized carbons (Fsp3) is 0.739. The van der Waals surface area contributed by atoms with Gasteiger partial charge in [-0.05, 0) is 26.8 Å². The Hall–Kier alpha value is -2.29. The van der Waals surface area contributed by atoms with Gasteiger partial charge in [-0.15, -0.1) is 11.8 Å². The molecule has 3 fully saturated rings. The summed E-state index contributed by atoms with van der Waals surface area (Å²) in [7, 11) is 1.83. The molecule has 8 atom stereocenters. The lowest BCUT2D eigenvalue weighted by Crippen LogP contribution is -2.66. The first-order valence-electron chi connectivity index (χ1n) is 12.5. The van der Waals surface area contributed by atoms with Gasteiger partial charge in [-0.25, -0.2) is 4.79 Å². The van der Waals surface area contributed by atoms with Crippen LogP contribution >= 0.6 is 11.8 Å². The SMILES string of the molecule is CNC[C@@H]1C[C@H](N)CN1C(=O)[C@@H]1C[C@H](SC2=C(C(=O)O)N3C(=O)[C@H]([C@@H](C)NC(=O)C(F)F)[C@H]3[C@H]2C)CN1. The molecule has 0 spiro atoms. The van der Waals surface area contributed by atoms with Crippen LogP contribution in [-0.4, -0.2) is 107 Å². The predicted molar refractivity (Wildman–Crippen MR) is 131 cm³/mol. The Labute approximate surface area is 217 Å². The average Bonchev–Trinajstić information content (AvgIpc) is 3.50. The Kier molecular flexibility index (Phi) is 8.12. The van der Waals surface area contributed by atoms with E-state index >= 15 is 0 Å². The molecule has 0 aromatic carbocycles. The fourth-order valence-corrected chi connectivity index (χ4v) is 7.57. The molecule has 0 saturated carbocycles. The van der Waals surface area contributed by atoms with Gasteiger partial charge in [-0.2, -0.15) is 8.78 Å². The van der Waals surface area contributed by atoms with Crippen molar-refractivity contribution in [3.8, 4) is 0 Å². The molecule has 0 aromatic rings. The number of aliphatic carboxylic acids is 1. The highest BCUT2D eigenvalue weighted by molar-refractivity contribution is 8.03. The molecule has 3 saturated heterocycles. The van der Waals surface area contributed by atoms with Gasteiger partial charge >= 0.3 is 12.4 Å². The molecule has 4 aliphatic rings. The number of hydrogen-bond donors (Lipinski definition) is 5. The number of fused-ring (bicyclic) bond motifs is 1. The van der Waals surface area contributed by atoms with E-state index in [4.69, 9.17) is 5.73 Å². The number of alkyl halides is 2. The van der Waals surface area contributed by atoms with Gasteiger partial charge in [0.15, 0.2) is 0 Å². The summed E-state index contributed by atoms with van der Waals surface area (Å²) in [6.45, 7) is 4.91. The number of β-lactam (4-membered cyclic amide) rings is 1. The van der Waals surface area contributed by atoms with Crippen molar-refractivity contribution in [1.29, 1.82) is 0 Å². The number of halogens is 2. The number of carbonyl (C=O) groups is 4. The van der Waals surface area contributed by atoms with Crippen molar-refractivity contribution >= 4 is 35.5 Å². The third-order valence-corrected chi connectivity index (χ3v) is 9.26. The van der Waals surface area contributed by atoms with Crippen LogP contribution in [0.15, 0.2) is 10.6 Å². The minimum absolute atomic E-state index is 0.0223. The van der Waals surface area contributed by atoms with E-state index in [1.54, 1.807) is 6.92 Å². The lowest BCUT2D eigenvalue weighted by Gasteiger charge is -2.47. The molecule has 11 nitrogen and oxygen atoms in total. The van der Waals surface area contributed by atoms with Crippen molar-refractivity contribution in [1.82, 2.24) is 25.8 Å². The van der Waals surface area contributed by atoms with Crippen LogP contribution in [0.3, 0.4) is 0 Å². The van der Waals surface area contributed by atoms with Crippen molar-refractivity contribution < 1.29 is 33.1 Å². The first-order valence-corrected chi connectivity index (χ1v) is 13.3. The van der Waals surface area contributed by atoms with Crippen molar-refractivity contribution in [2.45, 2.75) is 68.6 Å². The predicted octanol–water partition coefficient (Wildman–Crippen LogP) is -0.860. The minimum atomic E-state index is -3.20. The zero-order chi connectivity index (χ0) is 27.2. The summed E-state index contributed by atoms with van der Waals surface area (Å²) in [6, 6.07) is -1.88. The summed E-state index contributed by atoms with van der Waals surface area (Å²) in [5, 5.41) is 18.3. The maximum Gasteiger partial charge on any atom is 0.353 e. The third-order valence-electron chi connectivity index (χ3n) is 7.75. The number of nitrogens with two attached hydrogens (primary N) is 1. The zero-order valence-electron chi connectivity index (χ0n) is 20.9. The fourth-order valence-electron chi connectivity index (χ4n) is 6.09. The smallest absolute Gasteiger partial charge is 0.353 e. The topological polar surface area (TPSA) is 157 Å². The second kappa shape index (κ2) is 10.8. The number of carboxylic acid groups (broad SMARTS) is 1. The molecule has 14 heteroatoms. The third kappa shape index (κ3) is 5.08. The number of carboxylic acids is 1. The molecular weight excluding hydrogens is 510 g/mol. The van der Waals surface area contributed by atoms with Crippen LogP contribution < -0.4 is 21.7 Å². The van der Waals surface area contributed by atoms with Gasteiger partial charge in [0.2, 0.25) is 11.8 Å². The van der Waals surface area contributed by atoms with E-state index in [-0.39, 0.29) is 34.9 Å². The number of nitrogens with zero attached hydrogens (tertiary/aromatic N) is 2. The lowest BCUT2D eigenvalue weighted by molar-refractivity contribution is -0.159. The van der Waals surface area contributed by atoms with E-state index in [1.165, 1.54) is 23.6 Å². The largest absolute Gasteiger partial charge is 0.477 e. The molecule has 4 heterocycles. The van der Waals surface area contributed by atoms with Gasteiger partial charge in [0.25, 0.3) is 5.91 Å². The lowest BCUT2D eigenvalue weighted by atomic mass is 9.78. The van der Waals surface area contributed by atoms with Gasteiger partial charge in [0.1, 0.15) is 5.70 Å². The Morgan fingerprint density at radius 1 is 1.30 bits per heavy atom. The van der Waals surface area contributed by atoms with Crippen molar-refractivity contribution in [2.75, 3.05) is 26.7 Å². The highest BCUT2D eigenvalue weighted by atomic mass is 32.2. The summed E-state index contributed by atoms with van der Waals surface area (Å²) < 4.78 is 25.4. The van der Waals surface area contributed by atoms with Crippen LogP contribution in [0.25, 0.3) is 0 Å². The van der Waals surface area contributed by atoms with Crippen LogP contribution in [0.1, 0.15) is 26.7 Å². The number of hydrogen-bond acceptors (Lipinski definition) is 8. The molecule has 0 aromatic heterocycles. The highest BCUT2D eigenvalue weighted by Gasteiger charge is 2.60. The Bertz CT molecular complexity index is 999. The normalized spacial score (nSPS) is 34.1. The molecule has 0 aliphatic carbocycles. The first kappa shape index (κ1) is 27.7. The van der Waals surface area contributed by atoms with E-state index < -0.39 is 48.3 Å². The first-order chi connectivity index (χ1) is 17.5. The number of rotatable bonds is 9. The molecule has 206 valence electrons. The molecule has 0 radical (unpaired) electrons. The molecule has 4 rings (SSSR count). The summed E-state index contributed by atoms with van der Waals surface area (Å²) in [5.41, 5.74) is 5.99. The van der Waals surface area contributed by atoms with Crippen molar-refractivity contribution in [3.63, 3.8) is 0 Å². The second-order valence-corrected chi connectivity index (χ2v) is 11.6. The maximum absolute atomic E-state index is 13.2. The highest BCUT2D eigenvalue weighted by Crippen LogP contribution is 2.51.